The number of rotatable bonds is 1. The van der Waals surface area contributed by atoms with Crippen molar-refractivity contribution >= 4 is 24.8 Å². The molecule has 0 aromatic heterocycles. The summed E-state index contributed by atoms with van der Waals surface area (Å²) >= 11 is 0. The van der Waals surface area contributed by atoms with Crippen LogP contribution in [0.2, 0.25) is 0 Å². The maximum absolute atomic E-state index is 7.26. The second-order valence-electron chi connectivity index (χ2n) is 0.224. The topological polar surface area (TPSA) is 64.5 Å². The van der Waals surface area contributed by atoms with E-state index < -0.39 is 0 Å². The predicted octanol–water partition coefficient (Wildman–Crippen LogP) is -0.297. The standard InChI is InChI=1S/2ClH.H4N2O2/c;;3-1-2-4/h2*1H;1-4H. The number of halogens is 2. The molecule has 0 heterocycles. The second kappa shape index (κ2) is 18.1. The molecule has 0 unspecified atom stereocenters. The summed E-state index contributed by atoms with van der Waals surface area (Å²) in [6, 6.07) is 0. The molecule has 42 valence electrons. The Morgan fingerprint density at radius 1 is 0.833 bits per heavy atom. The number of hydrogen-bond acceptors (Lipinski definition) is 4. The van der Waals surface area contributed by atoms with E-state index in [4.69, 9.17) is 10.4 Å². The lowest BCUT2D eigenvalue weighted by Crippen LogP contribution is -2.23. The normalized spacial score (nSPS) is 5.00. The van der Waals surface area contributed by atoms with Crippen molar-refractivity contribution in [3.63, 3.8) is 0 Å². The van der Waals surface area contributed by atoms with Crippen LogP contribution in [-0.4, -0.2) is 10.4 Å². The van der Waals surface area contributed by atoms with Crippen molar-refractivity contribution in [2.45, 2.75) is 0 Å². The van der Waals surface area contributed by atoms with E-state index >= 15 is 0 Å². The van der Waals surface area contributed by atoms with Gasteiger partial charge in [0.1, 0.15) is 0 Å². The monoisotopic (exact) mass is 136 g/mol. The largest absolute Gasteiger partial charge is 0.300 e. The Labute approximate surface area is 47.2 Å². The van der Waals surface area contributed by atoms with Gasteiger partial charge in [0.15, 0.2) is 0 Å². The molecule has 0 radical (unpaired) electrons. The molecule has 0 bridgehead atoms. The molecular weight excluding hydrogens is 131 g/mol. The third-order valence-corrected chi connectivity index (χ3v) is 0.0500. The first kappa shape index (κ1) is 16.1. The van der Waals surface area contributed by atoms with Crippen molar-refractivity contribution in [3.05, 3.63) is 0 Å². The van der Waals surface area contributed by atoms with Crippen molar-refractivity contribution in [3.8, 4) is 0 Å². The minimum absolute atomic E-state index is 0. The highest BCUT2D eigenvalue weighted by Crippen LogP contribution is 1.04. The average molecular weight is 137 g/mol. The van der Waals surface area contributed by atoms with Crippen LogP contribution in [0.25, 0.3) is 0 Å². The number of nitrogens with one attached hydrogen (secondary N) is 2. The summed E-state index contributed by atoms with van der Waals surface area (Å²) in [5.41, 5.74) is 2.47. The van der Waals surface area contributed by atoms with Gasteiger partial charge in [0.05, 0.1) is 0 Å². The lowest BCUT2D eigenvalue weighted by atomic mass is 12.7. The van der Waals surface area contributed by atoms with E-state index in [2.05, 4.69) is 0 Å². The fourth-order valence-electron chi connectivity index (χ4n) is 0. The van der Waals surface area contributed by atoms with Gasteiger partial charge in [0.25, 0.3) is 0 Å². The fraction of sp³-hybridized carbons (Fsp3) is 0. The second-order valence-corrected chi connectivity index (χ2v) is 0.224. The summed E-state index contributed by atoms with van der Waals surface area (Å²) in [6.07, 6.45) is 0. The summed E-state index contributed by atoms with van der Waals surface area (Å²) < 4.78 is 0. The summed E-state index contributed by atoms with van der Waals surface area (Å²) in [4.78, 5) is 0. The molecule has 0 saturated heterocycles. The Balaban J connectivity index is -0.0000000450. The summed E-state index contributed by atoms with van der Waals surface area (Å²) in [6.45, 7) is 0. The molecule has 0 aliphatic rings. The van der Waals surface area contributed by atoms with Crippen LogP contribution in [0.5, 0.6) is 0 Å². The number of hydrazine groups is 1. The van der Waals surface area contributed by atoms with Gasteiger partial charge in [-0.3, -0.25) is 0 Å². The van der Waals surface area contributed by atoms with E-state index in [1.54, 1.807) is 0 Å². The highest BCUT2D eigenvalue weighted by atomic mass is 35.5. The molecule has 4 nitrogen and oxygen atoms in total. The van der Waals surface area contributed by atoms with Gasteiger partial charge in [0.2, 0.25) is 0 Å². The van der Waals surface area contributed by atoms with Gasteiger partial charge in [0, 0.05) is 0 Å². The first-order chi connectivity index (χ1) is 1.91. The quantitative estimate of drug-likeness (QED) is 0.374. The van der Waals surface area contributed by atoms with Gasteiger partial charge in [-0.15, -0.1) is 36.0 Å². The minimum Gasteiger partial charge on any atom is -0.300 e. The van der Waals surface area contributed by atoms with Gasteiger partial charge < -0.3 is 10.4 Å². The van der Waals surface area contributed by atoms with Crippen molar-refractivity contribution < 1.29 is 10.4 Å². The zero-order valence-electron chi connectivity index (χ0n) is 2.71. The molecule has 0 rings (SSSR count). The summed E-state index contributed by atoms with van der Waals surface area (Å²) in [5, 5.41) is 14.5. The zero-order chi connectivity index (χ0) is 3.41. The van der Waals surface area contributed by atoms with Crippen molar-refractivity contribution in [2.24, 2.45) is 0 Å². The molecule has 0 fully saturated rings. The Morgan fingerprint density at radius 3 is 1.00 bits per heavy atom. The Morgan fingerprint density at radius 2 is 1.00 bits per heavy atom. The third kappa shape index (κ3) is 25.6. The fourth-order valence-corrected chi connectivity index (χ4v) is 0. The summed E-state index contributed by atoms with van der Waals surface area (Å²) in [7, 11) is 0. The molecule has 0 aliphatic heterocycles. The van der Waals surface area contributed by atoms with E-state index in [1.807, 2.05) is 0 Å². The number of hydrogen-bond donors (Lipinski definition) is 4. The lowest BCUT2D eigenvalue weighted by molar-refractivity contribution is -0.0163. The van der Waals surface area contributed by atoms with Crippen LogP contribution in [0, 0.1) is 0 Å². The van der Waals surface area contributed by atoms with Gasteiger partial charge in [-0.1, -0.05) is 0 Å². The van der Waals surface area contributed by atoms with Crippen LogP contribution in [-0.2, 0) is 0 Å². The average Bonchev–Trinajstić information content (AvgIpc) is 1.37. The molecule has 0 aromatic carbocycles. The molecule has 0 aromatic rings. The van der Waals surface area contributed by atoms with E-state index in [0.717, 1.165) is 0 Å². The van der Waals surface area contributed by atoms with Crippen LogP contribution >= 0.6 is 24.8 Å². The zero-order valence-corrected chi connectivity index (χ0v) is 4.34. The van der Waals surface area contributed by atoms with Gasteiger partial charge in [-0.25, -0.2) is 0 Å². The first-order valence-electron chi connectivity index (χ1n) is 0.697. The Bertz CT molecular complexity index is 11.5. The van der Waals surface area contributed by atoms with Gasteiger partial charge in [-0.2, -0.15) is 0 Å². The third-order valence-electron chi connectivity index (χ3n) is 0.0500. The molecule has 0 spiro atoms. The van der Waals surface area contributed by atoms with Gasteiger partial charge >= 0.3 is 0 Å². The van der Waals surface area contributed by atoms with Crippen LogP contribution in [0.4, 0.5) is 0 Å². The maximum Gasteiger partial charge on any atom is -0.117 e. The minimum atomic E-state index is 0. The SMILES string of the molecule is Cl.Cl.ONNO. The van der Waals surface area contributed by atoms with E-state index in [0.29, 0.717) is 0 Å². The highest BCUT2D eigenvalue weighted by Gasteiger charge is 1.45. The van der Waals surface area contributed by atoms with Crippen LogP contribution < -0.4 is 11.2 Å². The van der Waals surface area contributed by atoms with E-state index in [1.165, 1.54) is 11.2 Å². The highest BCUT2D eigenvalue weighted by molar-refractivity contribution is 5.85. The first-order valence-corrected chi connectivity index (χ1v) is 0.697. The summed E-state index contributed by atoms with van der Waals surface area (Å²) in [5.74, 6) is 0. The van der Waals surface area contributed by atoms with Crippen LogP contribution in [0.3, 0.4) is 0 Å². The van der Waals surface area contributed by atoms with Crippen LogP contribution in [0.15, 0.2) is 0 Å². The smallest absolute Gasteiger partial charge is 0.117 e. The van der Waals surface area contributed by atoms with Crippen molar-refractivity contribution in [1.82, 2.24) is 11.2 Å². The van der Waals surface area contributed by atoms with Crippen molar-refractivity contribution in [1.29, 1.82) is 0 Å². The molecule has 0 atom stereocenters. The Hall–Kier alpha value is 0.420. The predicted molar refractivity (Wildman–Crippen MR) is 24.3 cm³/mol. The lowest BCUT2D eigenvalue weighted by Gasteiger charge is -1.79. The molecule has 0 amide bonds. The molecular formula is H6Cl2N2O2. The van der Waals surface area contributed by atoms with Crippen LogP contribution in [0.1, 0.15) is 0 Å². The molecule has 6 heteroatoms. The molecule has 0 aliphatic carbocycles. The molecule has 0 saturated carbocycles. The molecule has 6 heavy (non-hydrogen) atoms. The maximum atomic E-state index is 7.26. The van der Waals surface area contributed by atoms with Crippen molar-refractivity contribution in [2.75, 3.05) is 0 Å². The Kier molecular flexibility index (Phi) is 48.6. The van der Waals surface area contributed by atoms with E-state index in [-0.39, 0.29) is 24.8 Å². The van der Waals surface area contributed by atoms with E-state index in [9.17, 15) is 0 Å². The molecule has 4 N–H and O–H groups in total. The van der Waals surface area contributed by atoms with Gasteiger partial charge in [-0.05, 0) is 0 Å².